The van der Waals surface area contributed by atoms with E-state index in [1.165, 1.54) is 9.47 Å². The molecule has 0 saturated carbocycles. The fourth-order valence-corrected chi connectivity index (χ4v) is 4.22. The Bertz CT molecular complexity index is 1330. The van der Waals surface area contributed by atoms with Gasteiger partial charge in [0, 0.05) is 28.4 Å². The van der Waals surface area contributed by atoms with E-state index < -0.39 is 6.09 Å². The van der Waals surface area contributed by atoms with Gasteiger partial charge < -0.3 is 15.0 Å². The number of fused-ring (bicyclic) bond motifs is 1. The van der Waals surface area contributed by atoms with Crippen LogP contribution in [0.3, 0.4) is 0 Å². The Kier molecular flexibility index (Phi) is 7.21. The van der Waals surface area contributed by atoms with Gasteiger partial charge in [-0.15, -0.1) is 0 Å². The summed E-state index contributed by atoms with van der Waals surface area (Å²) in [4.78, 5) is 45.1. The van der Waals surface area contributed by atoms with Gasteiger partial charge in [-0.2, -0.15) is 0 Å². The quantitative estimate of drug-likeness (QED) is 0.569. The van der Waals surface area contributed by atoms with Crippen molar-refractivity contribution in [2.75, 3.05) is 18.5 Å². The van der Waals surface area contributed by atoms with E-state index in [0.717, 1.165) is 11.1 Å². The summed E-state index contributed by atoms with van der Waals surface area (Å²) in [6.07, 6.45) is -0.0966. The molecule has 1 N–H and O–H groups in total. The van der Waals surface area contributed by atoms with E-state index in [2.05, 4.69) is 5.32 Å². The zero-order chi connectivity index (χ0) is 25.1. The van der Waals surface area contributed by atoms with Crippen LogP contribution in [0.25, 0.3) is 11.4 Å². The second kappa shape index (κ2) is 10.3. The molecular weight excluding hydrogens is 468 g/mol. The number of ether oxygens (including phenoxy) is 1. The summed E-state index contributed by atoms with van der Waals surface area (Å²) in [5.74, 6) is 0.00830. The predicted octanol–water partition coefficient (Wildman–Crippen LogP) is 4.33. The van der Waals surface area contributed by atoms with Crippen molar-refractivity contribution < 1.29 is 14.3 Å². The van der Waals surface area contributed by atoms with E-state index in [1.807, 2.05) is 38.1 Å². The smallest absolute Gasteiger partial charge is 0.410 e. The molecule has 8 nitrogen and oxygen atoms in total. The van der Waals surface area contributed by atoms with Crippen molar-refractivity contribution in [3.8, 4) is 11.4 Å². The molecule has 0 saturated heterocycles. The first-order valence-electron chi connectivity index (χ1n) is 11.4. The summed E-state index contributed by atoms with van der Waals surface area (Å²) in [5.41, 5.74) is 3.84. The second-order valence-corrected chi connectivity index (χ2v) is 8.86. The predicted molar refractivity (Wildman–Crippen MR) is 135 cm³/mol. The zero-order valence-corrected chi connectivity index (χ0v) is 20.7. The highest BCUT2D eigenvalue weighted by Gasteiger charge is 2.27. The lowest BCUT2D eigenvalue weighted by molar-refractivity contribution is -0.116. The third-order valence-corrected chi connectivity index (χ3v) is 6.41. The number of nitrogens with zero attached hydrogens (tertiary/aromatic N) is 3. The maximum absolute atomic E-state index is 13.6. The van der Waals surface area contributed by atoms with E-state index in [1.54, 1.807) is 25.1 Å². The molecule has 4 rings (SSSR count). The molecule has 1 aromatic heterocycles. The van der Waals surface area contributed by atoms with Crippen molar-refractivity contribution in [2.24, 2.45) is 0 Å². The number of carbonyl (C=O) groups excluding carboxylic acids is 2. The third kappa shape index (κ3) is 5.22. The number of halogens is 1. The minimum absolute atomic E-state index is 0.178. The average molecular weight is 495 g/mol. The van der Waals surface area contributed by atoms with Crippen LogP contribution >= 0.6 is 11.6 Å². The molecule has 0 bridgehead atoms. The van der Waals surface area contributed by atoms with Gasteiger partial charge in [0.25, 0.3) is 5.56 Å². The van der Waals surface area contributed by atoms with Gasteiger partial charge >= 0.3 is 6.09 Å². The van der Waals surface area contributed by atoms with Gasteiger partial charge in [-0.1, -0.05) is 47.5 Å². The van der Waals surface area contributed by atoms with Gasteiger partial charge in [-0.25, -0.2) is 9.78 Å². The van der Waals surface area contributed by atoms with Crippen LogP contribution in [-0.2, 0) is 29.0 Å². The number of hydrogen-bond donors (Lipinski definition) is 1. The summed E-state index contributed by atoms with van der Waals surface area (Å²) in [5, 5.41) is 3.39. The molecule has 2 aromatic carbocycles. The van der Waals surface area contributed by atoms with E-state index in [-0.39, 0.29) is 31.2 Å². The summed E-state index contributed by atoms with van der Waals surface area (Å²) in [6, 6.07) is 12.8. The molecule has 0 radical (unpaired) electrons. The third-order valence-electron chi connectivity index (χ3n) is 6.00. The lowest BCUT2D eigenvalue weighted by Gasteiger charge is -2.28. The molecule has 1 aliphatic heterocycles. The minimum atomic E-state index is -0.433. The molecule has 3 aromatic rings. The molecule has 0 atom stereocenters. The normalized spacial score (nSPS) is 12.7. The number of rotatable bonds is 5. The first kappa shape index (κ1) is 24.5. The number of hydrogen-bond acceptors (Lipinski definition) is 5. The minimum Gasteiger partial charge on any atom is -0.450 e. The second-order valence-electron chi connectivity index (χ2n) is 8.45. The molecule has 0 unspecified atom stereocenters. The highest BCUT2D eigenvalue weighted by atomic mass is 35.5. The molecule has 35 heavy (non-hydrogen) atoms. The highest BCUT2D eigenvalue weighted by Crippen LogP contribution is 2.24. The van der Waals surface area contributed by atoms with Gasteiger partial charge in [-0.05, 0) is 44.9 Å². The van der Waals surface area contributed by atoms with Crippen molar-refractivity contribution in [3.63, 3.8) is 0 Å². The summed E-state index contributed by atoms with van der Waals surface area (Å²) < 4.78 is 6.52. The van der Waals surface area contributed by atoms with Crippen molar-refractivity contribution in [2.45, 2.75) is 40.3 Å². The topological polar surface area (TPSA) is 93.5 Å². The van der Waals surface area contributed by atoms with Gasteiger partial charge in [0.05, 0.1) is 18.8 Å². The largest absolute Gasteiger partial charge is 0.450 e. The summed E-state index contributed by atoms with van der Waals surface area (Å²) in [7, 11) is 0. The van der Waals surface area contributed by atoms with Crippen LogP contribution in [0.15, 0.2) is 47.3 Å². The molecule has 2 heterocycles. The van der Waals surface area contributed by atoms with Crippen LogP contribution in [0.4, 0.5) is 10.5 Å². The van der Waals surface area contributed by atoms with Crippen LogP contribution < -0.4 is 10.9 Å². The Hall–Kier alpha value is -3.65. The number of carbonyl (C=O) groups is 2. The van der Waals surface area contributed by atoms with E-state index in [0.29, 0.717) is 46.3 Å². The van der Waals surface area contributed by atoms with Crippen molar-refractivity contribution in [1.82, 2.24) is 14.5 Å². The van der Waals surface area contributed by atoms with Crippen LogP contribution in [0.1, 0.15) is 29.3 Å². The molecule has 2 amide bonds. The molecule has 0 fully saturated rings. The average Bonchev–Trinajstić information content (AvgIpc) is 2.84. The van der Waals surface area contributed by atoms with Gasteiger partial charge in [0.1, 0.15) is 12.4 Å². The van der Waals surface area contributed by atoms with Crippen LogP contribution in [0.2, 0.25) is 5.02 Å². The number of aryl methyl sites for hydroxylation is 1. The maximum atomic E-state index is 13.6. The Balaban J connectivity index is 1.72. The van der Waals surface area contributed by atoms with Crippen LogP contribution in [0.5, 0.6) is 0 Å². The Labute approximate surface area is 208 Å². The summed E-state index contributed by atoms with van der Waals surface area (Å²) >= 11 is 6.18. The van der Waals surface area contributed by atoms with Crippen molar-refractivity contribution >= 4 is 29.3 Å². The molecular formula is C26H27ClN4O4. The highest BCUT2D eigenvalue weighted by molar-refractivity contribution is 6.31. The first-order chi connectivity index (χ1) is 16.8. The molecule has 0 aliphatic carbocycles. The Morgan fingerprint density at radius 2 is 1.89 bits per heavy atom. The molecule has 0 spiro atoms. The fraction of sp³-hybridized carbons (Fsp3) is 0.308. The standard InChI is InChI=1S/C26H27ClN4O4/c1-4-35-26(34)30-13-12-19-22(14-30)29-24(18-10-8-16(2)9-11-18)31(25(19)33)15-23(32)28-21-7-5-6-20(27)17(21)3/h5-11H,4,12-15H2,1-3H3,(H,28,32). The SMILES string of the molecule is CCOC(=O)N1CCc2c(nc(-c3ccc(C)cc3)n(CC(=O)Nc3cccc(Cl)c3C)c2=O)C1. The monoisotopic (exact) mass is 494 g/mol. The lowest BCUT2D eigenvalue weighted by atomic mass is 10.1. The van der Waals surface area contributed by atoms with Crippen molar-refractivity contribution in [3.05, 3.63) is 80.2 Å². The van der Waals surface area contributed by atoms with Gasteiger partial charge in [-0.3, -0.25) is 14.2 Å². The Morgan fingerprint density at radius 3 is 2.60 bits per heavy atom. The number of amides is 2. The van der Waals surface area contributed by atoms with E-state index in [9.17, 15) is 14.4 Å². The van der Waals surface area contributed by atoms with Crippen molar-refractivity contribution in [1.29, 1.82) is 0 Å². The number of aromatic nitrogens is 2. The zero-order valence-electron chi connectivity index (χ0n) is 19.9. The molecule has 9 heteroatoms. The molecule has 182 valence electrons. The molecule has 1 aliphatic rings. The van der Waals surface area contributed by atoms with E-state index >= 15 is 0 Å². The Morgan fingerprint density at radius 1 is 1.14 bits per heavy atom. The number of benzene rings is 2. The van der Waals surface area contributed by atoms with Crippen LogP contribution in [0, 0.1) is 13.8 Å². The first-order valence-corrected chi connectivity index (χ1v) is 11.8. The van der Waals surface area contributed by atoms with Gasteiger partial charge in [0.2, 0.25) is 5.91 Å². The van der Waals surface area contributed by atoms with Gasteiger partial charge in [0.15, 0.2) is 0 Å². The number of nitrogens with one attached hydrogen (secondary N) is 1. The summed E-state index contributed by atoms with van der Waals surface area (Å²) in [6.45, 7) is 6.12. The maximum Gasteiger partial charge on any atom is 0.410 e. The lowest BCUT2D eigenvalue weighted by Crippen LogP contribution is -2.42. The number of anilines is 1. The van der Waals surface area contributed by atoms with Crippen LogP contribution in [-0.4, -0.2) is 39.6 Å². The fourth-order valence-electron chi connectivity index (χ4n) is 4.04. The van der Waals surface area contributed by atoms with E-state index in [4.69, 9.17) is 21.3 Å².